The van der Waals surface area contributed by atoms with E-state index >= 15 is 0 Å². The van der Waals surface area contributed by atoms with Crippen molar-refractivity contribution in [1.29, 1.82) is 0 Å². The Labute approximate surface area is 168 Å². The molecule has 154 valence electrons. The predicted molar refractivity (Wildman–Crippen MR) is 107 cm³/mol. The molecule has 0 spiro atoms. The summed E-state index contributed by atoms with van der Waals surface area (Å²) in [6.07, 6.45) is 2.40. The summed E-state index contributed by atoms with van der Waals surface area (Å²) in [6.45, 7) is 2.28. The maximum Gasteiger partial charge on any atom is 0.263 e. The van der Waals surface area contributed by atoms with Gasteiger partial charge >= 0.3 is 0 Å². The van der Waals surface area contributed by atoms with Crippen molar-refractivity contribution in [3.63, 3.8) is 0 Å². The van der Waals surface area contributed by atoms with Gasteiger partial charge in [0.25, 0.3) is 17.4 Å². The number of aliphatic hydroxyl groups is 1. The minimum absolute atomic E-state index is 0.0864. The van der Waals surface area contributed by atoms with Crippen molar-refractivity contribution >= 4 is 11.8 Å². The Morgan fingerprint density at radius 3 is 2.69 bits per heavy atom. The first-order chi connectivity index (χ1) is 13.9. The summed E-state index contributed by atoms with van der Waals surface area (Å²) in [7, 11) is 1.44. The second kappa shape index (κ2) is 8.91. The molecule has 3 N–H and O–H groups in total. The number of aromatic nitrogens is 1. The van der Waals surface area contributed by atoms with Crippen molar-refractivity contribution in [3.8, 4) is 5.75 Å². The van der Waals surface area contributed by atoms with Gasteiger partial charge in [0.2, 0.25) is 0 Å². The second-order valence-corrected chi connectivity index (χ2v) is 7.17. The van der Waals surface area contributed by atoms with Gasteiger partial charge in [-0.2, -0.15) is 0 Å². The number of rotatable bonds is 8. The van der Waals surface area contributed by atoms with Crippen LogP contribution in [-0.2, 0) is 6.54 Å². The zero-order valence-electron chi connectivity index (χ0n) is 16.5. The number of amides is 2. The lowest BCUT2D eigenvalue weighted by molar-refractivity contribution is 0.0948. The summed E-state index contributed by atoms with van der Waals surface area (Å²) in [6, 6.07) is 8.56. The maximum absolute atomic E-state index is 12.8. The van der Waals surface area contributed by atoms with Gasteiger partial charge in [0.05, 0.1) is 18.7 Å². The molecular weight excluding hydrogens is 374 g/mol. The van der Waals surface area contributed by atoms with Gasteiger partial charge in [-0.05, 0) is 36.1 Å². The number of ether oxygens (including phenoxy) is 1. The summed E-state index contributed by atoms with van der Waals surface area (Å²) in [5.74, 6) is 0.147. The fraction of sp³-hybridized carbons (Fsp3) is 0.381. The van der Waals surface area contributed by atoms with Gasteiger partial charge in [0.15, 0.2) is 0 Å². The van der Waals surface area contributed by atoms with Gasteiger partial charge in [0, 0.05) is 19.3 Å². The average Bonchev–Trinajstić information content (AvgIpc) is 3.41. The molecule has 2 aromatic rings. The molecule has 8 nitrogen and oxygen atoms in total. The van der Waals surface area contributed by atoms with Crippen molar-refractivity contribution in [3.05, 3.63) is 63.6 Å². The van der Waals surface area contributed by atoms with Crippen LogP contribution < -0.4 is 20.9 Å². The summed E-state index contributed by atoms with van der Waals surface area (Å²) in [4.78, 5) is 37.6. The fourth-order valence-corrected chi connectivity index (χ4v) is 3.04. The summed E-state index contributed by atoms with van der Waals surface area (Å²) < 4.78 is 6.75. The molecule has 0 saturated heterocycles. The molecule has 29 heavy (non-hydrogen) atoms. The number of carbonyl (C=O) groups excluding carboxylic acids is 2. The zero-order valence-corrected chi connectivity index (χ0v) is 16.5. The van der Waals surface area contributed by atoms with Crippen molar-refractivity contribution < 1.29 is 19.4 Å². The Balaban J connectivity index is 1.92. The van der Waals surface area contributed by atoms with Crippen LogP contribution in [0, 0.1) is 5.92 Å². The van der Waals surface area contributed by atoms with Crippen LogP contribution in [0.4, 0.5) is 0 Å². The first kappa shape index (κ1) is 20.6. The van der Waals surface area contributed by atoms with Crippen LogP contribution in [0.25, 0.3) is 0 Å². The van der Waals surface area contributed by atoms with Crippen LogP contribution in [-0.4, -0.2) is 47.8 Å². The molecular formula is C21H25N3O5. The minimum atomic E-state index is -0.543. The van der Waals surface area contributed by atoms with E-state index in [1.807, 2.05) is 13.0 Å². The van der Waals surface area contributed by atoms with E-state index in [0.29, 0.717) is 11.7 Å². The maximum atomic E-state index is 12.8. The van der Waals surface area contributed by atoms with E-state index < -0.39 is 11.5 Å². The lowest BCUT2D eigenvalue weighted by atomic mass is 10.1. The van der Waals surface area contributed by atoms with Crippen molar-refractivity contribution in [1.82, 2.24) is 15.2 Å². The Bertz CT molecular complexity index is 969. The lowest BCUT2D eigenvalue weighted by Crippen LogP contribution is -2.34. The Hall–Kier alpha value is -3.13. The fourth-order valence-electron chi connectivity index (χ4n) is 3.04. The highest BCUT2D eigenvalue weighted by Crippen LogP contribution is 2.29. The van der Waals surface area contributed by atoms with E-state index in [1.165, 1.54) is 23.9 Å². The molecule has 1 aromatic carbocycles. The highest BCUT2D eigenvalue weighted by molar-refractivity contribution is 5.99. The molecule has 2 amide bonds. The molecule has 1 aliphatic rings. The predicted octanol–water partition coefficient (Wildman–Crippen LogP) is 0.765. The molecule has 1 aliphatic carbocycles. The second-order valence-electron chi connectivity index (χ2n) is 7.17. The quantitative estimate of drug-likeness (QED) is 0.607. The van der Waals surface area contributed by atoms with Gasteiger partial charge in [-0.25, -0.2) is 0 Å². The largest absolute Gasteiger partial charge is 0.491 e. The third kappa shape index (κ3) is 5.03. The third-order valence-electron chi connectivity index (χ3n) is 4.86. The number of nitrogens with zero attached hydrogens (tertiary/aromatic N) is 1. The van der Waals surface area contributed by atoms with E-state index in [1.54, 1.807) is 18.2 Å². The van der Waals surface area contributed by atoms with Crippen LogP contribution in [0.5, 0.6) is 5.75 Å². The van der Waals surface area contributed by atoms with Crippen LogP contribution >= 0.6 is 0 Å². The van der Waals surface area contributed by atoms with Gasteiger partial charge in [-0.3, -0.25) is 14.4 Å². The third-order valence-corrected chi connectivity index (χ3v) is 4.86. The van der Waals surface area contributed by atoms with Gasteiger partial charge in [0.1, 0.15) is 17.9 Å². The van der Waals surface area contributed by atoms with Gasteiger partial charge in [-0.1, -0.05) is 19.1 Å². The molecule has 1 saturated carbocycles. The number of benzene rings is 1. The van der Waals surface area contributed by atoms with Crippen LogP contribution in [0.1, 0.15) is 39.6 Å². The Morgan fingerprint density at radius 2 is 2.03 bits per heavy atom. The normalized spacial score (nSPS) is 17.5. The number of carbonyl (C=O) groups is 2. The summed E-state index contributed by atoms with van der Waals surface area (Å²) >= 11 is 0. The first-order valence-electron chi connectivity index (χ1n) is 9.53. The molecule has 0 bridgehead atoms. The minimum Gasteiger partial charge on any atom is -0.491 e. The van der Waals surface area contributed by atoms with Crippen LogP contribution in [0.15, 0.2) is 41.3 Å². The number of nitrogens with one attached hydrogen (secondary N) is 2. The molecule has 3 rings (SSSR count). The van der Waals surface area contributed by atoms with Gasteiger partial charge < -0.3 is 25.0 Å². The van der Waals surface area contributed by atoms with Gasteiger partial charge in [-0.15, -0.1) is 0 Å². The molecule has 0 radical (unpaired) electrons. The van der Waals surface area contributed by atoms with Crippen molar-refractivity contribution in [2.24, 2.45) is 5.92 Å². The molecule has 1 fully saturated rings. The number of hydrogen-bond acceptors (Lipinski definition) is 5. The molecule has 8 heteroatoms. The number of hydrogen-bond donors (Lipinski definition) is 3. The standard InChI is InChI=1S/C21H25N3O5/c1-13-8-18(13)23-19(26)15-10-17(20(27)22-2)21(28)24(12-15)11-14-4-3-5-16(9-14)29-7-6-25/h3-5,9-10,12-13,18,25H,6-8,11H2,1-2H3,(H,22,27)(H,23,26)/t13-,18-/m0/s1. The topological polar surface area (TPSA) is 110 Å². The van der Waals surface area contributed by atoms with E-state index in [2.05, 4.69) is 10.6 Å². The SMILES string of the molecule is CNC(=O)c1cc(C(=O)N[C@H]2C[C@@H]2C)cn(Cc2cccc(OCCO)c2)c1=O. The summed E-state index contributed by atoms with van der Waals surface area (Å²) in [5, 5.41) is 14.3. The van der Waals surface area contributed by atoms with E-state index in [9.17, 15) is 14.4 Å². The number of pyridine rings is 1. The lowest BCUT2D eigenvalue weighted by Gasteiger charge is -2.13. The molecule has 0 aliphatic heterocycles. The first-order valence-corrected chi connectivity index (χ1v) is 9.53. The van der Waals surface area contributed by atoms with Crippen molar-refractivity contribution in [2.45, 2.75) is 25.9 Å². The summed E-state index contributed by atoms with van der Waals surface area (Å²) in [5.41, 5.74) is 0.452. The molecule has 0 unspecified atom stereocenters. The monoisotopic (exact) mass is 399 g/mol. The molecule has 2 atom stereocenters. The zero-order chi connectivity index (χ0) is 21.0. The van der Waals surface area contributed by atoms with E-state index in [0.717, 1.165) is 12.0 Å². The highest BCUT2D eigenvalue weighted by atomic mass is 16.5. The van der Waals surface area contributed by atoms with Crippen molar-refractivity contribution in [2.75, 3.05) is 20.3 Å². The Kier molecular flexibility index (Phi) is 6.33. The van der Waals surface area contributed by atoms with Crippen LogP contribution in [0.3, 0.4) is 0 Å². The highest BCUT2D eigenvalue weighted by Gasteiger charge is 2.34. The number of aliphatic hydroxyl groups excluding tert-OH is 1. The molecule has 1 aromatic heterocycles. The van der Waals surface area contributed by atoms with Crippen LogP contribution in [0.2, 0.25) is 0 Å². The smallest absolute Gasteiger partial charge is 0.263 e. The van der Waals surface area contributed by atoms with E-state index in [4.69, 9.17) is 9.84 Å². The Morgan fingerprint density at radius 1 is 1.28 bits per heavy atom. The van der Waals surface area contributed by atoms with E-state index in [-0.39, 0.29) is 42.8 Å². The average molecular weight is 399 g/mol. The molecule has 1 heterocycles.